The Bertz CT molecular complexity index is 701. The first kappa shape index (κ1) is 21.9. The highest BCUT2D eigenvalue weighted by molar-refractivity contribution is 14.0. The molecule has 1 heterocycles. The number of nitrogens with one attached hydrogen (secondary N) is 3. The lowest BCUT2D eigenvalue weighted by Crippen LogP contribution is -2.39. The van der Waals surface area contributed by atoms with Crippen molar-refractivity contribution >= 4 is 35.8 Å². The van der Waals surface area contributed by atoms with Crippen molar-refractivity contribution in [1.82, 2.24) is 20.9 Å². The summed E-state index contributed by atoms with van der Waals surface area (Å²) >= 11 is 0. The first-order chi connectivity index (χ1) is 12.1. The number of nitrogens with zero attached hydrogens (tertiary/aromatic N) is 2. The predicted octanol–water partition coefficient (Wildman–Crippen LogP) is 2.54. The van der Waals surface area contributed by atoms with Crippen LogP contribution >= 0.6 is 24.0 Å². The molecule has 1 aromatic carbocycles. The Morgan fingerprint density at radius 3 is 2.62 bits per heavy atom. The number of benzene rings is 1. The van der Waals surface area contributed by atoms with Crippen molar-refractivity contribution < 1.29 is 9.21 Å². The number of halogens is 1. The largest absolute Gasteiger partial charge is 0.444 e. The van der Waals surface area contributed by atoms with Crippen LogP contribution in [0.4, 0.5) is 0 Å². The van der Waals surface area contributed by atoms with E-state index in [0.29, 0.717) is 31.4 Å². The van der Waals surface area contributed by atoms with E-state index in [9.17, 15) is 4.79 Å². The summed E-state index contributed by atoms with van der Waals surface area (Å²) in [5.41, 5.74) is 1.71. The Labute approximate surface area is 171 Å². The number of guanidine groups is 1. The lowest BCUT2D eigenvalue weighted by atomic mass is 10.2. The molecule has 2 rings (SSSR count). The number of hydrogen-bond donors (Lipinski definition) is 3. The van der Waals surface area contributed by atoms with Gasteiger partial charge in [-0.05, 0) is 26.0 Å². The average Bonchev–Trinajstić information content (AvgIpc) is 3.07. The zero-order valence-electron chi connectivity index (χ0n) is 15.3. The van der Waals surface area contributed by atoms with Crippen LogP contribution in [0.2, 0.25) is 0 Å². The third-order valence-corrected chi connectivity index (χ3v) is 3.33. The molecule has 0 saturated heterocycles. The standard InChI is InChI=1S/C18H25N5O2.HI/c1-13(2)22-16(24)9-10-20-18(19-3)21-11-15-12-25-17(23-15)14-7-5-4-6-8-14;/h4-8,12-13H,9-11H2,1-3H3,(H,22,24)(H2,19,20,21);1H. The monoisotopic (exact) mass is 471 g/mol. The molecule has 3 N–H and O–H groups in total. The predicted molar refractivity (Wildman–Crippen MR) is 113 cm³/mol. The highest BCUT2D eigenvalue weighted by atomic mass is 127. The van der Waals surface area contributed by atoms with Crippen molar-refractivity contribution in [2.45, 2.75) is 32.9 Å². The fourth-order valence-corrected chi connectivity index (χ4v) is 2.18. The minimum atomic E-state index is 0. The molecule has 0 unspecified atom stereocenters. The molecule has 0 fully saturated rings. The van der Waals surface area contributed by atoms with Gasteiger partial charge in [0, 0.05) is 31.6 Å². The molecule has 8 heteroatoms. The van der Waals surface area contributed by atoms with Crippen LogP contribution in [-0.2, 0) is 11.3 Å². The first-order valence-corrected chi connectivity index (χ1v) is 8.32. The minimum Gasteiger partial charge on any atom is -0.444 e. The van der Waals surface area contributed by atoms with Crippen molar-refractivity contribution in [2.75, 3.05) is 13.6 Å². The van der Waals surface area contributed by atoms with Crippen LogP contribution in [0.25, 0.3) is 11.5 Å². The summed E-state index contributed by atoms with van der Waals surface area (Å²) < 4.78 is 5.50. The third kappa shape index (κ3) is 7.42. The molecule has 26 heavy (non-hydrogen) atoms. The molecule has 0 saturated carbocycles. The quantitative estimate of drug-likeness (QED) is 0.328. The van der Waals surface area contributed by atoms with Gasteiger partial charge in [0.2, 0.25) is 11.8 Å². The number of aromatic nitrogens is 1. The van der Waals surface area contributed by atoms with E-state index < -0.39 is 0 Å². The summed E-state index contributed by atoms with van der Waals surface area (Å²) in [6, 6.07) is 9.89. The topological polar surface area (TPSA) is 91.5 Å². The number of aliphatic imine (C=N–C) groups is 1. The maximum Gasteiger partial charge on any atom is 0.226 e. The van der Waals surface area contributed by atoms with Crippen molar-refractivity contribution in [1.29, 1.82) is 0 Å². The normalized spacial score (nSPS) is 11.0. The number of amides is 1. The molecule has 0 radical (unpaired) electrons. The first-order valence-electron chi connectivity index (χ1n) is 8.32. The van der Waals surface area contributed by atoms with Crippen molar-refractivity contribution in [3.8, 4) is 11.5 Å². The fourth-order valence-electron chi connectivity index (χ4n) is 2.18. The summed E-state index contributed by atoms with van der Waals surface area (Å²) in [7, 11) is 1.68. The summed E-state index contributed by atoms with van der Waals surface area (Å²) in [5, 5.41) is 9.10. The zero-order chi connectivity index (χ0) is 18.1. The summed E-state index contributed by atoms with van der Waals surface area (Å²) in [5.74, 6) is 1.22. The minimum absolute atomic E-state index is 0. The van der Waals surface area contributed by atoms with Crippen LogP contribution in [-0.4, -0.2) is 36.5 Å². The molecule has 0 spiro atoms. The van der Waals surface area contributed by atoms with E-state index in [1.54, 1.807) is 13.3 Å². The molecule has 142 valence electrons. The number of oxazole rings is 1. The lowest BCUT2D eigenvalue weighted by Gasteiger charge is -2.12. The van der Waals surface area contributed by atoms with Crippen LogP contribution in [0.1, 0.15) is 26.0 Å². The highest BCUT2D eigenvalue weighted by Crippen LogP contribution is 2.17. The molecule has 0 bridgehead atoms. The van der Waals surface area contributed by atoms with Crippen LogP contribution in [0.5, 0.6) is 0 Å². The van der Waals surface area contributed by atoms with Gasteiger partial charge in [-0.25, -0.2) is 4.98 Å². The average molecular weight is 471 g/mol. The summed E-state index contributed by atoms with van der Waals surface area (Å²) in [6.45, 7) is 4.86. The van der Waals surface area contributed by atoms with E-state index in [1.165, 1.54) is 0 Å². The molecular formula is C18H26IN5O2. The number of carbonyl (C=O) groups excluding carboxylic acids is 1. The number of rotatable bonds is 7. The van der Waals surface area contributed by atoms with E-state index in [2.05, 4.69) is 25.9 Å². The number of hydrogen-bond acceptors (Lipinski definition) is 4. The molecule has 0 atom stereocenters. The van der Waals surface area contributed by atoms with Crippen LogP contribution in [0.3, 0.4) is 0 Å². The summed E-state index contributed by atoms with van der Waals surface area (Å²) in [4.78, 5) is 20.2. The molecule has 1 amide bonds. The van der Waals surface area contributed by atoms with Crippen LogP contribution < -0.4 is 16.0 Å². The van der Waals surface area contributed by atoms with Crippen LogP contribution in [0, 0.1) is 0 Å². The van der Waals surface area contributed by atoms with E-state index in [0.717, 1.165) is 11.3 Å². The van der Waals surface area contributed by atoms with E-state index >= 15 is 0 Å². The molecule has 1 aromatic heterocycles. The molecule has 2 aromatic rings. The van der Waals surface area contributed by atoms with Gasteiger partial charge in [0.25, 0.3) is 0 Å². The highest BCUT2D eigenvalue weighted by Gasteiger charge is 2.07. The fraction of sp³-hybridized carbons (Fsp3) is 0.389. The zero-order valence-corrected chi connectivity index (χ0v) is 17.6. The SMILES string of the molecule is CN=C(NCCC(=O)NC(C)C)NCc1coc(-c2ccccc2)n1.I. The van der Waals surface area contributed by atoms with Gasteiger partial charge in [0.15, 0.2) is 5.96 Å². The lowest BCUT2D eigenvalue weighted by molar-refractivity contribution is -0.121. The smallest absolute Gasteiger partial charge is 0.226 e. The van der Waals surface area contributed by atoms with Gasteiger partial charge in [0.05, 0.1) is 12.2 Å². The summed E-state index contributed by atoms with van der Waals surface area (Å²) in [6.07, 6.45) is 2.01. The third-order valence-electron chi connectivity index (χ3n) is 3.33. The van der Waals surface area contributed by atoms with Gasteiger partial charge in [-0.1, -0.05) is 18.2 Å². The number of carbonyl (C=O) groups is 1. The molecule has 7 nitrogen and oxygen atoms in total. The molecule has 0 aliphatic carbocycles. The molecule has 0 aliphatic rings. The Hall–Kier alpha value is -2.10. The second-order valence-electron chi connectivity index (χ2n) is 5.83. The maximum atomic E-state index is 11.6. The van der Waals surface area contributed by atoms with Crippen molar-refractivity contribution in [3.63, 3.8) is 0 Å². The van der Waals surface area contributed by atoms with Gasteiger partial charge in [-0.15, -0.1) is 24.0 Å². The van der Waals surface area contributed by atoms with Crippen LogP contribution in [0.15, 0.2) is 46.0 Å². The molecule has 0 aliphatic heterocycles. The van der Waals surface area contributed by atoms with E-state index in [-0.39, 0.29) is 35.9 Å². The van der Waals surface area contributed by atoms with Gasteiger partial charge in [-0.2, -0.15) is 0 Å². The van der Waals surface area contributed by atoms with Gasteiger partial charge in [0.1, 0.15) is 6.26 Å². The second-order valence-corrected chi connectivity index (χ2v) is 5.83. The van der Waals surface area contributed by atoms with Crippen molar-refractivity contribution in [2.24, 2.45) is 4.99 Å². The van der Waals surface area contributed by atoms with E-state index in [4.69, 9.17) is 4.42 Å². The second kappa shape index (κ2) is 11.5. The van der Waals surface area contributed by atoms with E-state index in [1.807, 2.05) is 44.2 Å². The van der Waals surface area contributed by atoms with Gasteiger partial charge >= 0.3 is 0 Å². The van der Waals surface area contributed by atoms with Gasteiger partial charge in [-0.3, -0.25) is 9.79 Å². The maximum absolute atomic E-state index is 11.6. The Balaban J connectivity index is 0.00000338. The Morgan fingerprint density at radius 2 is 1.96 bits per heavy atom. The Kier molecular flexibility index (Phi) is 9.71. The van der Waals surface area contributed by atoms with Gasteiger partial charge < -0.3 is 20.4 Å². The molecular weight excluding hydrogens is 445 g/mol. The Morgan fingerprint density at radius 1 is 1.23 bits per heavy atom. The van der Waals surface area contributed by atoms with Crippen molar-refractivity contribution in [3.05, 3.63) is 42.3 Å².